The monoisotopic (exact) mass is 302 g/mol. The van der Waals surface area contributed by atoms with Crippen LogP contribution in [0.4, 0.5) is 0 Å². The standard InChI is InChI=1S/C10H15N4O5P/c15-7(4-20(17,18)19)3-11-1-6-2-12-9-8(6)13-5-14-10(9)16/h2,5,7,11-12,15H,1,3-4H2,(H,13,14,16)(H2,17,18,19)/t7-/m0/s1. The van der Waals surface area contributed by atoms with Crippen molar-refractivity contribution in [1.29, 1.82) is 0 Å². The predicted molar refractivity (Wildman–Crippen MR) is 71.3 cm³/mol. The number of rotatable bonds is 6. The van der Waals surface area contributed by atoms with Gasteiger partial charge in [0.05, 0.1) is 24.1 Å². The van der Waals surface area contributed by atoms with E-state index in [1.54, 1.807) is 6.20 Å². The summed E-state index contributed by atoms with van der Waals surface area (Å²) in [5, 5.41) is 12.3. The van der Waals surface area contributed by atoms with Gasteiger partial charge in [0.25, 0.3) is 5.56 Å². The molecule has 0 aliphatic carbocycles. The van der Waals surface area contributed by atoms with Gasteiger partial charge in [-0.2, -0.15) is 0 Å². The van der Waals surface area contributed by atoms with E-state index in [-0.39, 0.29) is 12.1 Å². The Bertz CT molecular complexity index is 690. The normalized spacial score (nSPS) is 13.8. The molecular weight excluding hydrogens is 287 g/mol. The SMILES string of the molecule is O=c1[nH]cnc2c(CNC[C@H](O)CP(=O)(O)O)c[nH]c12. The lowest BCUT2D eigenvalue weighted by atomic mass is 10.3. The van der Waals surface area contributed by atoms with Crippen molar-refractivity contribution in [2.45, 2.75) is 12.6 Å². The highest BCUT2D eigenvalue weighted by atomic mass is 31.2. The van der Waals surface area contributed by atoms with Crippen LogP contribution in [0.3, 0.4) is 0 Å². The Labute approximate surface area is 113 Å². The first-order chi connectivity index (χ1) is 9.37. The van der Waals surface area contributed by atoms with Crippen LogP contribution in [0.1, 0.15) is 5.56 Å². The van der Waals surface area contributed by atoms with Crippen LogP contribution >= 0.6 is 7.60 Å². The maximum atomic E-state index is 11.5. The lowest BCUT2D eigenvalue weighted by Crippen LogP contribution is -2.29. The van der Waals surface area contributed by atoms with Crippen LogP contribution in [-0.2, 0) is 11.1 Å². The Morgan fingerprint density at radius 3 is 2.85 bits per heavy atom. The van der Waals surface area contributed by atoms with Gasteiger partial charge in [0.2, 0.25) is 0 Å². The van der Waals surface area contributed by atoms with E-state index in [2.05, 4.69) is 20.3 Å². The smallest absolute Gasteiger partial charge is 0.328 e. The number of hydrogen-bond acceptors (Lipinski definition) is 5. The third-order valence-corrected chi connectivity index (χ3v) is 3.59. The molecule has 0 saturated carbocycles. The molecule has 9 nitrogen and oxygen atoms in total. The van der Waals surface area contributed by atoms with E-state index in [1.807, 2.05) is 0 Å². The van der Waals surface area contributed by atoms with Gasteiger partial charge >= 0.3 is 7.60 Å². The van der Waals surface area contributed by atoms with Gasteiger partial charge in [0, 0.05) is 24.8 Å². The molecule has 0 saturated heterocycles. The van der Waals surface area contributed by atoms with Crippen LogP contribution in [0.25, 0.3) is 11.0 Å². The van der Waals surface area contributed by atoms with Crippen molar-refractivity contribution in [3.8, 4) is 0 Å². The lowest BCUT2D eigenvalue weighted by Gasteiger charge is -2.12. The molecule has 0 fully saturated rings. The fraction of sp³-hybridized carbons (Fsp3) is 0.400. The topological polar surface area (TPSA) is 151 Å². The van der Waals surface area contributed by atoms with Gasteiger partial charge < -0.3 is 30.2 Å². The Balaban J connectivity index is 1.95. The molecule has 0 aliphatic rings. The second-order valence-electron chi connectivity index (χ2n) is 4.40. The third kappa shape index (κ3) is 3.75. The number of H-pyrrole nitrogens is 2. The number of aliphatic hydroxyl groups is 1. The molecule has 0 unspecified atom stereocenters. The first kappa shape index (κ1) is 14.9. The minimum atomic E-state index is -4.22. The van der Waals surface area contributed by atoms with Crippen LogP contribution in [-0.4, -0.2) is 48.7 Å². The molecular formula is C10H15N4O5P. The second kappa shape index (κ2) is 5.86. The number of nitrogens with one attached hydrogen (secondary N) is 3. The summed E-state index contributed by atoms with van der Waals surface area (Å²) in [7, 11) is -4.22. The van der Waals surface area contributed by atoms with Crippen molar-refractivity contribution in [1.82, 2.24) is 20.3 Å². The summed E-state index contributed by atoms with van der Waals surface area (Å²) in [5.74, 6) is 0. The van der Waals surface area contributed by atoms with E-state index < -0.39 is 19.9 Å². The molecule has 6 N–H and O–H groups in total. The molecule has 10 heteroatoms. The summed E-state index contributed by atoms with van der Waals surface area (Å²) < 4.78 is 10.7. The lowest BCUT2D eigenvalue weighted by molar-refractivity contribution is 0.185. The summed E-state index contributed by atoms with van der Waals surface area (Å²) >= 11 is 0. The van der Waals surface area contributed by atoms with Gasteiger partial charge in [0.1, 0.15) is 5.52 Å². The van der Waals surface area contributed by atoms with E-state index in [4.69, 9.17) is 9.79 Å². The van der Waals surface area contributed by atoms with Crippen molar-refractivity contribution >= 4 is 18.6 Å². The van der Waals surface area contributed by atoms with Crippen LogP contribution in [0.15, 0.2) is 17.3 Å². The summed E-state index contributed by atoms with van der Waals surface area (Å²) in [4.78, 5) is 38.2. The molecule has 2 heterocycles. The Kier molecular flexibility index (Phi) is 4.36. The first-order valence-corrected chi connectivity index (χ1v) is 7.63. The average molecular weight is 302 g/mol. The van der Waals surface area contributed by atoms with Gasteiger partial charge in [-0.15, -0.1) is 0 Å². The molecule has 0 bridgehead atoms. The van der Waals surface area contributed by atoms with Crippen molar-refractivity contribution < 1.29 is 19.5 Å². The second-order valence-corrected chi connectivity index (χ2v) is 6.10. The molecule has 0 aromatic carbocycles. The summed E-state index contributed by atoms with van der Waals surface area (Å²) in [6, 6.07) is 0. The molecule has 1 atom stereocenters. The van der Waals surface area contributed by atoms with Crippen LogP contribution < -0.4 is 10.9 Å². The van der Waals surface area contributed by atoms with Crippen LogP contribution in [0.5, 0.6) is 0 Å². The summed E-state index contributed by atoms with van der Waals surface area (Å²) in [5.41, 5.74) is 1.34. The molecule has 0 amide bonds. The summed E-state index contributed by atoms with van der Waals surface area (Å²) in [6.07, 6.45) is 1.18. The zero-order chi connectivity index (χ0) is 14.8. The van der Waals surface area contributed by atoms with E-state index in [0.717, 1.165) is 5.56 Å². The van der Waals surface area contributed by atoms with Gasteiger partial charge in [-0.25, -0.2) is 4.98 Å². The van der Waals surface area contributed by atoms with Gasteiger partial charge in [-0.3, -0.25) is 9.36 Å². The molecule has 20 heavy (non-hydrogen) atoms. The molecule has 0 spiro atoms. The van der Waals surface area contributed by atoms with Crippen LogP contribution in [0.2, 0.25) is 0 Å². The van der Waals surface area contributed by atoms with E-state index in [0.29, 0.717) is 17.6 Å². The van der Waals surface area contributed by atoms with Crippen molar-refractivity contribution in [2.24, 2.45) is 0 Å². The van der Waals surface area contributed by atoms with E-state index in [9.17, 15) is 14.5 Å². The molecule has 0 aliphatic heterocycles. The molecule has 110 valence electrons. The Morgan fingerprint density at radius 2 is 2.15 bits per heavy atom. The minimum Gasteiger partial charge on any atom is -0.391 e. The Hall–Kier alpha value is -1.51. The average Bonchev–Trinajstić information content (AvgIpc) is 2.72. The van der Waals surface area contributed by atoms with Gasteiger partial charge in [-0.1, -0.05) is 0 Å². The van der Waals surface area contributed by atoms with Crippen molar-refractivity contribution in [2.75, 3.05) is 12.7 Å². The van der Waals surface area contributed by atoms with E-state index >= 15 is 0 Å². The number of hydrogen-bond donors (Lipinski definition) is 6. The number of aromatic nitrogens is 3. The highest BCUT2D eigenvalue weighted by Crippen LogP contribution is 2.34. The van der Waals surface area contributed by atoms with Gasteiger partial charge in [0.15, 0.2) is 0 Å². The third-order valence-electron chi connectivity index (χ3n) is 2.69. The Morgan fingerprint density at radius 1 is 1.40 bits per heavy atom. The zero-order valence-corrected chi connectivity index (χ0v) is 11.3. The molecule has 2 aromatic heterocycles. The number of fused-ring (bicyclic) bond motifs is 1. The summed E-state index contributed by atoms with van der Waals surface area (Å²) in [6.45, 7) is 0.343. The zero-order valence-electron chi connectivity index (χ0n) is 10.4. The number of aliphatic hydroxyl groups excluding tert-OH is 1. The highest BCUT2D eigenvalue weighted by molar-refractivity contribution is 7.51. The maximum Gasteiger partial charge on any atom is 0.328 e. The molecule has 2 rings (SSSR count). The maximum absolute atomic E-state index is 11.5. The minimum absolute atomic E-state index is 0.0287. The largest absolute Gasteiger partial charge is 0.391 e. The fourth-order valence-corrected chi connectivity index (χ4v) is 2.53. The highest BCUT2D eigenvalue weighted by Gasteiger charge is 2.19. The molecule has 2 aromatic rings. The van der Waals surface area contributed by atoms with Crippen molar-refractivity contribution in [3.63, 3.8) is 0 Å². The fourth-order valence-electron chi connectivity index (χ4n) is 1.85. The van der Waals surface area contributed by atoms with Crippen LogP contribution in [0, 0.1) is 0 Å². The van der Waals surface area contributed by atoms with E-state index in [1.165, 1.54) is 6.33 Å². The first-order valence-electron chi connectivity index (χ1n) is 5.84. The molecule has 0 radical (unpaired) electrons. The predicted octanol–water partition coefficient (Wildman–Crippen LogP) is -1.12. The quantitative estimate of drug-likeness (QED) is 0.370. The van der Waals surface area contributed by atoms with Crippen molar-refractivity contribution in [3.05, 3.63) is 28.4 Å². The van der Waals surface area contributed by atoms with Gasteiger partial charge in [-0.05, 0) is 0 Å². The number of aromatic amines is 2. The number of nitrogens with zero attached hydrogens (tertiary/aromatic N) is 1.